The Kier molecular flexibility index (Phi) is 12.4. The topological polar surface area (TPSA) is 98.9 Å². The van der Waals surface area contributed by atoms with E-state index < -0.39 is 6.04 Å². The summed E-state index contributed by atoms with van der Waals surface area (Å²) in [5, 5.41) is 0. The quantitative estimate of drug-likeness (QED) is 0.250. The van der Waals surface area contributed by atoms with Crippen molar-refractivity contribution in [2.45, 2.75) is 96.6 Å². The highest BCUT2D eigenvalue weighted by Gasteiger charge is 2.34. The number of para-hydroxylation sites is 1. The van der Waals surface area contributed by atoms with Crippen LogP contribution in [0.2, 0.25) is 0 Å². The molecule has 1 aromatic rings. The monoisotopic (exact) mass is 486 g/mol. The number of rotatable bonds is 16. The molecule has 1 aliphatic rings. The number of amides is 2. The summed E-state index contributed by atoms with van der Waals surface area (Å²) < 4.78 is 11.3. The molecule has 1 heterocycles. The number of nitrogens with zero attached hydrogens (tertiary/aromatic N) is 1. The Balaban J connectivity index is 1.95. The molecule has 1 aromatic carbocycles. The number of hydrogen-bond donors (Lipinski definition) is 1. The number of nitrogens with two attached hydrogens (primary N) is 1. The largest absolute Gasteiger partial charge is 0.496 e. The van der Waals surface area contributed by atoms with Crippen LogP contribution in [-0.4, -0.2) is 41.9 Å². The first-order valence-electron chi connectivity index (χ1n) is 13.0. The zero-order chi connectivity index (χ0) is 25.6. The Morgan fingerprint density at radius 2 is 1.69 bits per heavy atom. The summed E-state index contributed by atoms with van der Waals surface area (Å²) in [6, 6.07) is 6.35. The number of unbranched alkanes of at least 4 members (excludes halogenated alkanes) is 5. The highest BCUT2D eigenvalue weighted by Crippen LogP contribution is 2.26. The summed E-state index contributed by atoms with van der Waals surface area (Å²) in [6.07, 6.45) is 13.4. The highest BCUT2D eigenvalue weighted by molar-refractivity contribution is 6.00. The number of esters is 1. The lowest BCUT2D eigenvalue weighted by Crippen LogP contribution is -2.41. The van der Waals surface area contributed by atoms with Gasteiger partial charge in [0.15, 0.2) is 0 Å². The molecule has 0 unspecified atom stereocenters. The standard InChI is InChI=1S/C28H42N2O5/c1-4-5-6-9-15-22(16-10-7-8-14-21(2)26(29)31)35-28(33)24-18-13-20-30(24)27(32)23-17-11-12-19-25(23)34-3/h11-13,17,19-22,24H,4-10,14-16,18H2,1-3H3,(H2,29,31)/t21-,22-,24+/m1/s1. The van der Waals surface area contributed by atoms with E-state index in [1.54, 1.807) is 30.5 Å². The van der Waals surface area contributed by atoms with E-state index in [0.717, 1.165) is 57.8 Å². The Bertz CT molecular complexity index is 854. The summed E-state index contributed by atoms with van der Waals surface area (Å²) in [7, 11) is 1.52. The molecule has 0 fully saturated rings. The van der Waals surface area contributed by atoms with Gasteiger partial charge in [0.2, 0.25) is 5.91 Å². The summed E-state index contributed by atoms with van der Waals surface area (Å²) >= 11 is 0. The minimum atomic E-state index is -0.665. The average molecular weight is 487 g/mol. The van der Waals surface area contributed by atoms with Gasteiger partial charge < -0.3 is 20.1 Å². The van der Waals surface area contributed by atoms with Gasteiger partial charge in [0.25, 0.3) is 5.91 Å². The van der Waals surface area contributed by atoms with Crippen molar-refractivity contribution in [3.8, 4) is 5.75 Å². The third kappa shape index (κ3) is 9.04. The molecule has 3 atom stereocenters. The van der Waals surface area contributed by atoms with E-state index in [0.29, 0.717) is 17.7 Å². The first-order valence-corrected chi connectivity index (χ1v) is 13.0. The molecule has 194 valence electrons. The van der Waals surface area contributed by atoms with Crippen LogP contribution in [0.3, 0.4) is 0 Å². The van der Waals surface area contributed by atoms with Gasteiger partial charge in [0, 0.05) is 12.1 Å². The van der Waals surface area contributed by atoms with Crippen molar-refractivity contribution >= 4 is 17.8 Å². The highest BCUT2D eigenvalue weighted by atomic mass is 16.5. The molecule has 1 aliphatic heterocycles. The number of methoxy groups -OCH3 is 1. The fourth-order valence-electron chi connectivity index (χ4n) is 4.35. The second-order valence-electron chi connectivity index (χ2n) is 9.40. The van der Waals surface area contributed by atoms with Gasteiger partial charge in [-0.1, -0.05) is 64.2 Å². The van der Waals surface area contributed by atoms with Crippen molar-refractivity contribution in [3.05, 3.63) is 42.1 Å². The maximum absolute atomic E-state index is 13.2. The minimum Gasteiger partial charge on any atom is -0.496 e. The Morgan fingerprint density at radius 3 is 2.34 bits per heavy atom. The van der Waals surface area contributed by atoms with Gasteiger partial charge in [-0.3, -0.25) is 9.59 Å². The van der Waals surface area contributed by atoms with Gasteiger partial charge in [-0.25, -0.2) is 4.79 Å². The zero-order valence-electron chi connectivity index (χ0n) is 21.5. The van der Waals surface area contributed by atoms with Gasteiger partial charge in [-0.15, -0.1) is 0 Å². The molecular formula is C28H42N2O5. The summed E-state index contributed by atoms with van der Waals surface area (Å²) in [5.41, 5.74) is 5.76. The van der Waals surface area contributed by atoms with Crippen LogP contribution in [0.15, 0.2) is 36.5 Å². The van der Waals surface area contributed by atoms with E-state index >= 15 is 0 Å². The maximum atomic E-state index is 13.2. The number of hydrogen-bond acceptors (Lipinski definition) is 5. The second kappa shape index (κ2) is 15.2. The Hall–Kier alpha value is -2.83. The molecule has 0 aliphatic carbocycles. The molecule has 2 amide bonds. The van der Waals surface area contributed by atoms with Crippen molar-refractivity contribution < 1.29 is 23.9 Å². The van der Waals surface area contributed by atoms with Gasteiger partial charge in [-0.2, -0.15) is 0 Å². The zero-order valence-corrected chi connectivity index (χ0v) is 21.5. The number of benzene rings is 1. The molecule has 35 heavy (non-hydrogen) atoms. The predicted molar refractivity (Wildman–Crippen MR) is 137 cm³/mol. The average Bonchev–Trinajstić information content (AvgIpc) is 3.35. The van der Waals surface area contributed by atoms with Crippen LogP contribution < -0.4 is 10.5 Å². The molecule has 0 spiro atoms. The van der Waals surface area contributed by atoms with E-state index in [9.17, 15) is 14.4 Å². The molecule has 0 bridgehead atoms. The van der Waals surface area contributed by atoms with E-state index in [4.69, 9.17) is 15.2 Å². The predicted octanol–water partition coefficient (Wildman–Crippen LogP) is 5.38. The van der Waals surface area contributed by atoms with Crippen molar-refractivity contribution in [2.75, 3.05) is 7.11 Å². The Morgan fingerprint density at radius 1 is 1.03 bits per heavy atom. The van der Waals surface area contributed by atoms with Crippen LogP contribution >= 0.6 is 0 Å². The number of carbonyl (C=O) groups is 3. The van der Waals surface area contributed by atoms with E-state index in [1.165, 1.54) is 18.4 Å². The van der Waals surface area contributed by atoms with Crippen LogP contribution in [0.25, 0.3) is 0 Å². The van der Waals surface area contributed by atoms with E-state index in [-0.39, 0.29) is 29.8 Å². The molecule has 0 aromatic heterocycles. The molecule has 0 saturated carbocycles. The summed E-state index contributed by atoms with van der Waals surface area (Å²) in [4.78, 5) is 39.0. The van der Waals surface area contributed by atoms with Crippen molar-refractivity contribution in [1.29, 1.82) is 0 Å². The summed E-state index contributed by atoms with van der Waals surface area (Å²) in [6.45, 7) is 4.03. The van der Waals surface area contributed by atoms with E-state index in [2.05, 4.69) is 6.92 Å². The van der Waals surface area contributed by atoms with Gasteiger partial charge in [0.05, 0.1) is 12.7 Å². The maximum Gasteiger partial charge on any atom is 0.329 e. The molecule has 2 rings (SSSR count). The lowest BCUT2D eigenvalue weighted by atomic mass is 9.99. The van der Waals surface area contributed by atoms with Gasteiger partial charge >= 0.3 is 5.97 Å². The van der Waals surface area contributed by atoms with Crippen LogP contribution in [0.4, 0.5) is 0 Å². The fourth-order valence-corrected chi connectivity index (χ4v) is 4.35. The first kappa shape index (κ1) is 28.4. The lowest BCUT2D eigenvalue weighted by molar-refractivity contribution is -0.154. The smallest absolute Gasteiger partial charge is 0.329 e. The van der Waals surface area contributed by atoms with Crippen LogP contribution in [0.1, 0.15) is 94.8 Å². The molecule has 2 N–H and O–H groups in total. The second-order valence-corrected chi connectivity index (χ2v) is 9.40. The minimum absolute atomic E-state index is 0.112. The van der Waals surface area contributed by atoms with Crippen molar-refractivity contribution in [3.63, 3.8) is 0 Å². The van der Waals surface area contributed by atoms with Crippen LogP contribution in [0, 0.1) is 5.92 Å². The van der Waals surface area contributed by atoms with Crippen molar-refractivity contribution in [2.24, 2.45) is 11.7 Å². The molecule has 0 saturated heterocycles. The molecule has 7 nitrogen and oxygen atoms in total. The SMILES string of the molecule is CCCCCC[C@H](CCCCC[C@@H](C)C(N)=O)OC(=O)[C@@H]1CC=CN1C(=O)c1ccccc1OC. The van der Waals surface area contributed by atoms with Gasteiger partial charge in [-0.05, 0) is 50.7 Å². The fraction of sp³-hybridized carbons (Fsp3) is 0.607. The number of primary amides is 1. The normalized spacial score (nSPS) is 16.7. The third-order valence-corrected chi connectivity index (χ3v) is 6.62. The number of ether oxygens (including phenoxy) is 2. The van der Waals surface area contributed by atoms with Crippen molar-refractivity contribution in [1.82, 2.24) is 4.90 Å². The first-order chi connectivity index (χ1) is 16.9. The summed E-state index contributed by atoms with van der Waals surface area (Å²) in [5.74, 6) is -0.531. The van der Waals surface area contributed by atoms with E-state index in [1.807, 2.05) is 13.0 Å². The third-order valence-electron chi connectivity index (χ3n) is 6.62. The van der Waals surface area contributed by atoms with Gasteiger partial charge in [0.1, 0.15) is 17.9 Å². The molecular weight excluding hydrogens is 444 g/mol. The van der Waals surface area contributed by atoms with Crippen LogP contribution in [0.5, 0.6) is 5.75 Å². The Labute approximate surface area is 210 Å². The lowest BCUT2D eigenvalue weighted by Gasteiger charge is -2.26. The van der Waals surface area contributed by atoms with Crippen LogP contribution in [-0.2, 0) is 14.3 Å². The molecule has 0 radical (unpaired) electrons. The number of carbonyl (C=O) groups excluding carboxylic acids is 3. The molecule has 7 heteroatoms.